The van der Waals surface area contributed by atoms with E-state index in [4.69, 9.17) is 0 Å². The van der Waals surface area contributed by atoms with Crippen LogP contribution in [0.5, 0.6) is 0 Å². The molecule has 4 aliphatic rings. The second-order valence-electron chi connectivity index (χ2n) is 9.50. The summed E-state index contributed by atoms with van der Waals surface area (Å²) >= 11 is 0. The van der Waals surface area contributed by atoms with Gasteiger partial charge < -0.3 is 14.7 Å². The number of hydrogen-bond donors (Lipinski definition) is 0. The Kier molecular flexibility index (Phi) is 4.03. The van der Waals surface area contributed by atoms with Crippen molar-refractivity contribution in [1.82, 2.24) is 14.7 Å². The molecule has 4 fully saturated rings. The van der Waals surface area contributed by atoms with Crippen LogP contribution in [-0.4, -0.2) is 74.1 Å². The first kappa shape index (κ1) is 15.4. The summed E-state index contributed by atoms with van der Waals surface area (Å²) in [6.07, 6.45) is 8.97. The molecule has 22 heavy (non-hydrogen) atoms. The number of nitrogens with zero attached hydrogens (tertiary/aromatic N) is 3. The van der Waals surface area contributed by atoms with Crippen molar-refractivity contribution in [2.75, 3.05) is 59.4 Å². The monoisotopic (exact) mass is 305 g/mol. The molecule has 3 heteroatoms. The maximum absolute atomic E-state index is 2.76. The van der Waals surface area contributed by atoms with Crippen LogP contribution in [-0.2, 0) is 0 Å². The molecule has 0 unspecified atom stereocenters. The van der Waals surface area contributed by atoms with Gasteiger partial charge in [-0.3, -0.25) is 0 Å². The van der Waals surface area contributed by atoms with Crippen LogP contribution in [0.3, 0.4) is 0 Å². The molecule has 0 radical (unpaired) electrons. The zero-order valence-corrected chi connectivity index (χ0v) is 14.8. The van der Waals surface area contributed by atoms with Crippen molar-refractivity contribution in [3.05, 3.63) is 0 Å². The maximum atomic E-state index is 2.76. The lowest BCUT2D eigenvalue weighted by molar-refractivity contribution is -0.0498. The van der Waals surface area contributed by atoms with Crippen LogP contribution in [0.2, 0.25) is 0 Å². The lowest BCUT2D eigenvalue weighted by Crippen LogP contribution is -2.59. The molecule has 0 N–H and O–H groups in total. The molecule has 126 valence electrons. The predicted molar refractivity (Wildman–Crippen MR) is 92.1 cm³/mol. The van der Waals surface area contributed by atoms with E-state index in [1.54, 1.807) is 0 Å². The Morgan fingerprint density at radius 3 is 2.09 bits per heavy atom. The largest absolute Gasteiger partial charge is 0.304 e. The molecule has 3 nitrogen and oxygen atoms in total. The number of hydrogen-bond acceptors (Lipinski definition) is 3. The Morgan fingerprint density at radius 1 is 0.864 bits per heavy atom. The minimum atomic E-state index is 0.709. The van der Waals surface area contributed by atoms with E-state index in [2.05, 4.69) is 28.7 Å². The van der Waals surface area contributed by atoms with Crippen molar-refractivity contribution in [2.45, 2.75) is 45.4 Å². The molecule has 2 saturated carbocycles. The van der Waals surface area contributed by atoms with E-state index in [9.17, 15) is 0 Å². The molecule has 2 saturated heterocycles. The molecule has 0 aromatic heterocycles. The van der Waals surface area contributed by atoms with Gasteiger partial charge in [0.2, 0.25) is 0 Å². The van der Waals surface area contributed by atoms with Gasteiger partial charge in [0.1, 0.15) is 0 Å². The van der Waals surface area contributed by atoms with Gasteiger partial charge in [0, 0.05) is 52.4 Å². The molecule has 4 rings (SSSR count). The maximum Gasteiger partial charge on any atom is 0.0110 e. The van der Waals surface area contributed by atoms with Crippen LogP contribution in [0.4, 0.5) is 0 Å². The number of rotatable bonds is 4. The lowest BCUT2D eigenvalue weighted by Gasteiger charge is -2.54. The molecule has 0 aromatic rings. The fraction of sp³-hybridized carbons (Fsp3) is 1.00. The van der Waals surface area contributed by atoms with Crippen molar-refractivity contribution < 1.29 is 0 Å². The molecule has 0 bridgehead atoms. The van der Waals surface area contributed by atoms with E-state index in [-0.39, 0.29) is 0 Å². The summed E-state index contributed by atoms with van der Waals surface area (Å²) in [5.41, 5.74) is 1.45. The van der Waals surface area contributed by atoms with Crippen molar-refractivity contribution >= 4 is 0 Å². The Balaban J connectivity index is 1.17. The van der Waals surface area contributed by atoms with Crippen LogP contribution in [0, 0.1) is 16.7 Å². The van der Waals surface area contributed by atoms with E-state index >= 15 is 0 Å². The summed E-state index contributed by atoms with van der Waals surface area (Å²) in [4.78, 5) is 7.95. The standard InChI is InChI=1S/C19H35N3/c1-18(7-8-18)14-22-15-19(16-22)5-3-17(4-6-19)13-21-11-9-20(2)10-12-21/h17H,3-16H2,1-2H3. The Labute approximate surface area is 137 Å². The van der Waals surface area contributed by atoms with Crippen molar-refractivity contribution in [3.63, 3.8) is 0 Å². The summed E-state index contributed by atoms with van der Waals surface area (Å²) in [5, 5.41) is 0. The topological polar surface area (TPSA) is 9.72 Å². The molecule has 0 aromatic carbocycles. The van der Waals surface area contributed by atoms with Crippen LogP contribution >= 0.6 is 0 Å². The molecule has 2 aliphatic heterocycles. The van der Waals surface area contributed by atoms with Crippen LogP contribution in [0.15, 0.2) is 0 Å². The van der Waals surface area contributed by atoms with Crippen molar-refractivity contribution in [1.29, 1.82) is 0 Å². The third kappa shape index (κ3) is 3.37. The van der Waals surface area contributed by atoms with Gasteiger partial charge in [-0.2, -0.15) is 0 Å². The van der Waals surface area contributed by atoms with Gasteiger partial charge in [-0.1, -0.05) is 6.92 Å². The lowest BCUT2D eigenvalue weighted by atomic mass is 9.65. The van der Waals surface area contributed by atoms with Crippen LogP contribution in [0.1, 0.15) is 45.4 Å². The van der Waals surface area contributed by atoms with Gasteiger partial charge in [0.25, 0.3) is 0 Å². The zero-order chi connectivity index (χ0) is 15.2. The highest BCUT2D eigenvalue weighted by atomic mass is 15.2. The summed E-state index contributed by atoms with van der Waals surface area (Å²) in [6.45, 7) is 13.2. The first-order valence-corrected chi connectivity index (χ1v) is 9.68. The van der Waals surface area contributed by atoms with Crippen molar-refractivity contribution in [3.8, 4) is 0 Å². The predicted octanol–water partition coefficient (Wildman–Crippen LogP) is 2.53. The van der Waals surface area contributed by atoms with Gasteiger partial charge in [-0.25, -0.2) is 0 Å². The molecule has 2 aliphatic carbocycles. The van der Waals surface area contributed by atoms with Gasteiger partial charge in [-0.05, 0) is 62.3 Å². The van der Waals surface area contributed by atoms with E-state index in [0.717, 1.165) is 11.3 Å². The quantitative estimate of drug-likeness (QED) is 0.790. The zero-order valence-electron chi connectivity index (χ0n) is 14.8. The van der Waals surface area contributed by atoms with Gasteiger partial charge >= 0.3 is 0 Å². The Bertz CT molecular complexity index is 379. The second-order valence-corrected chi connectivity index (χ2v) is 9.50. The molecule has 1 spiro atoms. The molecule has 0 atom stereocenters. The number of likely N-dealkylation sites (tertiary alicyclic amines) is 1. The van der Waals surface area contributed by atoms with E-state index < -0.39 is 0 Å². The van der Waals surface area contributed by atoms with Crippen LogP contribution in [0.25, 0.3) is 0 Å². The summed E-state index contributed by atoms with van der Waals surface area (Å²) < 4.78 is 0. The molecular weight excluding hydrogens is 270 g/mol. The van der Waals surface area contributed by atoms with E-state index in [1.807, 2.05) is 0 Å². The smallest absolute Gasteiger partial charge is 0.0110 e. The molecule has 2 heterocycles. The average molecular weight is 306 g/mol. The highest BCUT2D eigenvalue weighted by Gasteiger charge is 2.48. The summed E-state index contributed by atoms with van der Waals surface area (Å²) in [5.74, 6) is 0.990. The third-order valence-electron chi connectivity index (χ3n) is 7.11. The van der Waals surface area contributed by atoms with Crippen LogP contribution < -0.4 is 0 Å². The molecule has 0 amide bonds. The third-order valence-corrected chi connectivity index (χ3v) is 7.11. The Hall–Kier alpha value is -0.120. The minimum Gasteiger partial charge on any atom is -0.304 e. The fourth-order valence-electron chi connectivity index (χ4n) is 5.11. The molecular formula is C19H35N3. The highest BCUT2D eigenvalue weighted by molar-refractivity contribution is 5.02. The average Bonchev–Trinajstić information content (AvgIpc) is 3.19. The van der Waals surface area contributed by atoms with Gasteiger partial charge in [0.15, 0.2) is 0 Å². The first-order chi connectivity index (χ1) is 10.5. The second kappa shape index (κ2) is 5.75. The number of likely N-dealkylation sites (N-methyl/N-ethyl adjacent to an activating group) is 1. The van der Waals surface area contributed by atoms with Crippen molar-refractivity contribution in [2.24, 2.45) is 16.7 Å². The Morgan fingerprint density at radius 2 is 1.50 bits per heavy atom. The first-order valence-electron chi connectivity index (χ1n) is 9.68. The fourth-order valence-corrected chi connectivity index (χ4v) is 5.11. The highest BCUT2D eigenvalue weighted by Crippen LogP contribution is 2.50. The number of piperazine rings is 1. The van der Waals surface area contributed by atoms with Gasteiger partial charge in [-0.15, -0.1) is 0 Å². The summed E-state index contributed by atoms with van der Waals surface area (Å²) in [6, 6.07) is 0. The minimum absolute atomic E-state index is 0.709. The van der Waals surface area contributed by atoms with Gasteiger partial charge in [0.05, 0.1) is 0 Å². The SMILES string of the molecule is CN1CCN(CC2CCC3(CC2)CN(CC2(C)CC2)C3)CC1. The normalized spacial score (nSPS) is 33.0. The van der Waals surface area contributed by atoms with E-state index in [0.29, 0.717) is 5.41 Å². The summed E-state index contributed by atoms with van der Waals surface area (Å²) in [7, 11) is 2.26. The van der Waals surface area contributed by atoms with E-state index in [1.165, 1.54) is 90.9 Å².